The van der Waals surface area contributed by atoms with Crippen LogP contribution in [0.1, 0.15) is 32.1 Å². The summed E-state index contributed by atoms with van der Waals surface area (Å²) in [6.45, 7) is 3.73. The van der Waals surface area contributed by atoms with Gasteiger partial charge in [0.1, 0.15) is 12.9 Å². The molecule has 0 saturated carbocycles. The number of carbonyl (C=O) groups is 2. The van der Waals surface area contributed by atoms with Crippen molar-refractivity contribution in [3.05, 3.63) is 12.2 Å². The second-order valence-electron chi connectivity index (χ2n) is 4.29. The van der Waals surface area contributed by atoms with Gasteiger partial charge in [-0.25, -0.2) is 4.79 Å². The molecule has 0 aliphatic heterocycles. The van der Waals surface area contributed by atoms with E-state index in [1.807, 2.05) is 6.92 Å². The Balaban J connectivity index is 2.65. The van der Waals surface area contributed by atoms with Gasteiger partial charge < -0.3 is 19.9 Å². The summed E-state index contributed by atoms with van der Waals surface area (Å²) in [4.78, 5) is 23.9. The molecule has 1 aromatic rings. The number of aryl methyl sites for hydroxylation is 1. The lowest BCUT2D eigenvalue weighted by atomic mass is 10.3. The van der Waals surface area contributed by atoms with E-state index in [1.165, 1.54) is 4.90 Å². The molecule has 0 bridgehead atoms. The topological polar surface area (TPSA) is 100 Å². The Kier molecular flexibility index (Phi) is 5.28. The summed E-state index contributed by atoms with van der Waals surface area (Å²) in [6, 6.07) is -0.757. The van der Waals surface area contributed by atoms with Crippen molar-refractivity contribution in [1.29, 1.82) is 0 Å². The number of amides is 2. The van der Waals surface area contributed by atoms with E-state index in [9.17, 15) is 9.59 Å². The minimum Gasteiger partial charge on any atom is -0.480 e. The third-order valence-corrected chi connectivity index (χ3v) is 2.58. The number of nitrogens with zero attached hydrogens (tertiary/aromatic N) is 4. The number of carboxylic acid groups (broad SMARTS) is 1. The van der Waals surface area contributed by atoms with Crippen LogP contribution in [0.4, 0.5) is 4.79 Å². The SMILES string of the molecule is CCCN(CC(=O)O)C(=O)NC(C)c1nncn1C. The van der Waals surface area contributed by atoms with Crippen LogP contribution in [0.5, 0.6) is 0 Å². The fourth-order valence-electron chi connectivity index (χ4n) is 1.71. The van der Waals surface area contributed by atoms with Crippen molar-refractivity contribution in [3.63, 3.8) is 0 Å². The molecule has 8 heteroatoms. The fourth-order valence-corrected chi connectivity index (χ4v) is 1.71. The molecule has 0 aliphatic carbocycles. The van der Waals surface area contributed by atoms with Gasteiger partial charge in [-0.3, -0.25) is 4.79 Å². The summed E-state index contributed by atoms with van der Waals surface area (Å²) in [7, 11) is 1.78. The Bertz CT molecular complexity index is 445. The maximum atomic E-state index is 12.0. The van der Waals surface area contributed by atoms with E-state index in [0.29, 0.717) is 18.8 Å². The second kappa shape index (κ2) is 6.72. The highest BCUT2D eigenvalue weighted by atomic mass is 16.4. The zero-order valence-electron chi connectivity index (χ0n) is 11.3. The van der Waals surface area contributed by atoms with Crippen molar-refractivity contribution in [2.75, 3.05) is 13.1 Å². The maximum Gasteiger partial charge on any atom is 0.323 e. The number of aromatic nitrogens is 3. The zero-order chi connectivity index (χ0) is 14.4. The van der Waals surface area contributed by atoms with Crippen LogP contribution in [-0.2, 0) is 11.8 Å². The lowest BCUT2D eigenvalue weighted by molar-refractivity contribution is -0.137. The van der Waals surface area contributed by atoms with E-state index in [4.69, 9.17) is 5.11 Å². The standard InChI is InChI=1S/C11H19N5O3/c1-4-5-16(6-9(17)18)11(19)13-8(2)10-14-12-7-15(10)3/h7-8H,4-6H2,1-3H3,(H,13,19)(H,17,18). The lowest BCUT2D eigenvalue weighted by Gasteiger charge is -2.22. The number of nitrogens with one attached hydrogen (secondary N) is 1. The van der Waals surface area contributed by atoms with Crippen LogP contribution >= 0.6 is 0 Å². The van der Waals surface area contributed by atoms with Gasteiger partial charge in [-0.05, 0) is 13.3 Å². The molecule has 0 aromatic carbocycles. The Morgan fingerprint density at radius 1 is 1.58 bits per heavy atom. The summed E-state index contributed by atoms with van der Waals surface area (Å²) in [6.07, 6.45) is 2.23. The molecule has 19 heavy (non-hydrogen) atoms. The molecule has 0 fully saturated rings. The average Bonchev–Trinajstić information content (AvgIpc) is 2.74. The Hall–Kier alpha value is -2.12. The zero-order valence-corrected chi connectivity index (χ0v) is 11.3. The quantitative estimate of drug-likeness (QED) is 0.777. The normalized spacial score (nSPS) is 11.9. The van der Waals surface area contributed by atoms with Crippen LogP contribution in [0.2, 0.25) is 0 Å². The molecule has 1 atom stereocenters. The number of rotatable bonds is 6. The average molecular weight is 269 g/mol. The highest BCUT2D eigenvalue weighted by molar-refractivity contribution is 5.80. The molecular weight excluding hydrogens is 250 g/mol. The van der Waals surface area contributed by atoms with Gasteiger partial charge in [0.05, 0.1) is 6.04 Å². The first-order valence-corrected chi connectivity index (χ1v) is 6.06. The largest absolute Gasteiger partial charge is 0.480 e. The molecule has 0 aliphatic rings. The molecule has 2 amide bonds. The molecule has 0 saturated heterocycles. The highest BCUT2D eigenvalue weighted by Crippen LogP contribution is 2.08. The molecule has 8 nitrogen and oxygen atoms in total. The summed E-state index contributed by atoms with van der Waals surface area (Å²) < 4.78 is 1.70. The number of urea groups is 1. The number of hydrogen-bond acceptors (Lipinski definition) is 4. The molecule has 1 heterocycles. The van der Waals surface area contributed by atoms with E-state index in [0.717, 1.165) is 0 Å². The molecule has 1 rings (SSSR count). The molecule has 1 aromatic heterocycles. The molecule has 1 unspecified atom stereocenters. The molecular formula is C11H19N5O3. The molecule has 106 valence electrons. The summed E-state index contributed by atoms with van der Waals surface area (Å²) in [5, 5.41) is 19.1. The maximum absolute atomic E-state index is 12.0. The number of aliphatic carboxylic acids is 1. The van der Waals surface area contributed by atoms with E-state index in [1.54, 1.807) is 24.9 Å². The smallest absolute Gasteiger partial charge is 0.323 e. The van der Waals surface area contributed by atoms with Gasteiger partial charge in [-0.1, -0.05) is 6.92 Å². The van der Waals surface area contributed by atoms with Crippen LogP contribution < -0.4 is 5.32 Å². The summed E-state index contributed by atoms with van der Waals surface area (Å²) in [5.41, 5.74) is 0. The van der Waals surface area contributed by atoms with E-state index in [2.05, 4.69) is 15.5 Å². The summed E-state index contributed by atoms with van der Waals surface area (Å²) in [5.74, 6) is -0.421. The minimum absolute atomic E-state index is 0.314. The van der Waals surface area contributed by atoms with Gasteiger partial charge >= 0.3 is 12.0 Å². The van der Waals surface area contributed by atoms with Crippen LogP contribution in [0, 0.1) is 0 Å². The van der Waals surface area contributed by atoms with Crippen molar-refractivity contribution in [3.8, 4) is 0 Å². The first kappa shape index (κ1) is 14.9. The van der Waals surface area contributed by atoms with Gasteiger partial charge in [-0.2, -0.15) is 0 Å². The molecule has 2 N–H and O–H groups in total. The van der Waals surface area contributed by atoms with Crippen LogP contribution in [0.25, 0.3) is 0 Å². The van der Waals surface area contributed by atoms with Crippen molar-refractivity contribution in [2.45, 2.75) is 26.3 Å². The number of carboxylic acids is 1. The van der Waals surface area contributed by atoms with Crippen LogP contribution in [-0.4, -0.2) is 49.9 Å². The summed E-state index contributed by atoms with van der Waals surface area (Å²) >= 11 is 0. The third-order valence-electron chi connectivity index (χ3n) is 2.58. The highest BCUT2D eigenvalue weighted by Gasteiger charge is 2.20. The Labute approximate surface area is 111 Å². The third kappa shape index (κ3) is 4.23. The second-order valence-corrected chi connectivity index (χ2v) is 4.29. The monoisotopic (exact) mass is 269 g/mol. The van der Waals surface area contributed by atoms with Gasteiger partial charge in [0, 0.05) is 13.6 Å². The lowest BCUT2D eigenvalue weighted by Crippen LogP contribution is -2.44. The molecule has 0 spiro atoms. The number of carbonyl (C=O) groups excluding carboxylic acids is 1. The van der Waals surface area contributed by atoms with E-state index >= 15 is 0 Å². The van der Waals surface area contributed by atoms with Gasteiger partial charge in [0.2, 0.25) is 0 Å². The van der Waals surface area contributed by atoms with Crippen LogP contribution in [0.15, 0.2) is 6.33 Å². The van der Waals surface area contributed by atoms with Gasteiger partial charge in [-0.15, -0.1) is 10.2 Å². The van der Waals surface area contributed by atoms with Crippen molar-refractivity contribution < 1.29 is 14.7 Å². The Morgan fingerprint density at radius 3 is 2.74 bits per heavy atom. The predicted molar refractivity (Wildman–Crippen MR) is 67.4 cm³/mol. The van der Waals surface area contributed by atoms with Crippen molar-refractivity contribution in [2.24, 2.45) is 7.05 Å². The predicted octanol–water partition coefficient (Wildman–Crippen LogP) is 0.382. The Morgan fingerprint density at radius 2 is 2.26 bits per heavy atom. The van der Waals surface area contributed by atoms with Gasteiger partial charge in [0.25, 0.3) is 0 Å². The van der Waals surface area contributed by atoms with Crippen molar-refractivity contribution >= 4 is 12.0 Å². The van der Waals surface area contributed by atoms with Gasteiger partial charge in [0.15, 0.2) is 5.82 Å². The van der Waals surface area contributed by atoms with Crippen LogP contribution in [0.3, 0.4) is 0 Å². The first-order valence-electron chi connectivity index (χ1n) is 6.06. The molecule has 0 radical (unpaired) electrons. The first-order chi connectivity index (χ1) is 8.95. The van der Waals surface area contributed by atoms with E-state index in [-0.39, 0.29) is 12.6 Å². The number of hydrogen-bond donors (Lipinski definition) is 2. The van der Waals surface area contributed by atoms with E-state index < -0.39 is 12.0 Å². The fraction of sp³-hybridized carbons (Fsp3) is 0.636. The van der Waals surface area contributed by atoms with Crippen molar-refractivity contribution in [1.82, 2.24) is 25.0 Å². The minimum atomic E-state index is -1.03.